The zero-order valence-corrected chi connectivity index (χ0v) is 47.3. The molecule has 12 aromatic rings. The van der Waals surface area contributed by atoms with Gasteiger partial charge >= 0.3 is 15.1 Å². The molecule has 0 saturated heterocycles. The maximum Gasteiger partial charge on any atom is 0.762 e. The highest BCUT2D eigenvalue weighted by Gasteiger charge is 2.28. The SMILES string of the molecule is CC(C)(c1ccc(Oc2ccc(-[n+]3c(-c4ccccc4)cc(-c4ccccc4)cc3-c3ccccc3)cc2)cc1)c1ccc(Oc2ccc(-[n+]3c(-c4ccccc4)cc(-c4ccccc4)cc3-c3ccccc3)cc2)cc1.FB(F)F.FB(F)F.[F-].[F-]. The molecule has 0 bridgehead atoms. The first-order valence-corrected chi connectivity index (χ1v) is 27.5. The van der Waals surface area contributed by atoms with E-state index in [1.54, 1.807) is 0 Å². The van der Waals surface area contributed by atoms with Gasteiger partial charge in [-0.2, -0.15) is 9.13 Å². The van der Waals surface area contributed by atoms with E-state index in [4.69, 9.17) is 9.47 Å². The monoisotopic (exact) mass is 1170 g/mol. The lowest BCUT2D eigenvalue weighted by atomic mass is 9.78. The highest BCUT2D eigenvalue weighted by Crippen LogP contribution is 2.37. The quantitative estimate of drug-likeness (QED) is 0.0616. The fourth-order valence-electron chi connectivity index (χ4n) is 10.3. The van der Waals surface area contributed by atoms with E-state index in [9.17, 15) is 25.9 Å². The Morgan fingerprint density at radius 3 is 0.678 bits per heavy atom. The molecule has 2 heterocycles. The molecule has 0 fully saturated rings. The molecule has 4 nitrogen and oxygen atoms in total. The minimum Gasteiger partial charge on any atom is -1.00 e. The number of hydrogen-bond acceptors (Lipinski definition) is 2. The zero-order valence-electron chi connectivity index (χ0n) is 47.3. The van der Waals surface area contributed by atoms with Crippen molar-refractivity contribution in [1.82, 2.24) is 0 Å². The fraction of sp³-hybridized carbons (Fsp3) is 0.0411. The Morgan fingerprint density at radius 2 is 0.460 bits per heavy atom. The maximum absolute atomic E-state index is 9.67. The lowest BCUT2D eigenvalue weighted by Gasteiger charge is -2.26. The van der Waals surface area contributed by atoms with Crippen LogP contribution in [0.15, 0.2) is 303 Å². The second-order valence-corrected chi connectivity index (χ2v) is 20.3. The van der Waals surface area contributed by atoms with Crippen LogP contribution in [-0.4, -0.2) is 15.1 Å². The van der Waals surface area contributed by atoms with Crippen LogP contribution in [0, 0.1) is 0 Å². The van der Waals surface area contributed by atoms with E-state index >= 15 is 0 Å². The molecule has 432 valence electrons. The predicted octanol–water partition coefficient (Wildman–Crippen LogP) is 13.9. The van der Waals surface area contributed by atoms with E-state index in [0.717, 1.165) is 90.5 Å². The van der Waals surface area contributed by atoms with E-state index in [-0.39, 0.29) is 14.8 Å². The van der Waals surface area contributed by atoms with Gasteiger partial charge in [0.2, 0.25) is 34.2 Å². The van der Waals surface area contributed by atoms with Crippen LogP contribution in [0.2, 0.25) is 0 Å². The molecule has 87 heavy (non-hydrogen) atoms. The zero-order chi connectivity index (χ0) is 59.1. The molecule has 0 aliphatic carbocycles. The molecule has 0 atom stereocenters. The molecule has 10 aromatic carbocycles. The van der Waals surface area contributed by atoms with Crippen LogP contribution in [0.5, 0.6) is 23.0 Å². The third kappa shape index (κ3) is 15.7. The van der Waals surface area contributed by atoms with Crippen molar-refractivity contribution in [1.29, 1.82) is 0 Å². The summed E-state index contributed by atoms with van der Waals surface area (Å²) in [6, 6.07) is 107. The lowest BCUT2D eigenvalue weighted by molar-refractivity contribution is -0.572. The van der Waals surface area contributed by atoms with E-state index in [2.05, 4.69) is 326 Å². The van der Waals surface area contributed by atoms with Gasteiger partial charge in [0.25, 0.3) is 0 Å². The first kappa shape index (κ1) is 62.7. The van der Waals surface area contributed by atoms with Gasteiger partial charge in [-0.3, -0.25) is 25.9 Å². The summed E-state index contributed by atoms with van der Waals surface area (Å²) >= 11 is 0. The molecule has 0 amide bonds. The number of aromatic nitrogens is 2. The highest BCUT2D eigenvalue weighted by molar-refractivity contribution is 6.33. The van der Waals surface area contributed by atoms with Gasteiger partial charge in [0.1, 0.15) is 23.0 Å². The van der Waals surface area contributed by atoms with Crippen LogP contribution in [0.3, 0.4) is 0 Å². The molecule has 0 saturated carbocycles. The fourth-order valence-corrected chi connectivity index (χ4v) is 10.3. The average Bonchev–Trinajstić information content (AvgIpc) is 1.85. The summed E-state index contributed by atoms with van der Waals surface area (Å²) in [4.78, 5) is 0. The van der Waals surface area contributed by atoms with Crippen molar-refractivity contribution >= 4 is 15.1 Å². The molecule has 0 radical (unpaired) electrons. The number of pyridine rings is 2. The van der Waals surface area contributed by atoms with Gasteiger partial charge in [0, 0.05) is 76.2 Å². The van der Waals surface area contributed by atoms with Gasteiger partial charge in [0.05, 0.1) is 0 Å². The van der Waals surface area contributed by atoms with Crippen LogP contribution in [0.4, 0.5) is 25.9 Å². The molecule has 0 unspecified atom stereocenters. The molecule has 12 rings (SSSR count). The third-order valence-corrected chi connectivity index (χ3v) is 14.4. The van der Waals surface area contributed by atoms with E-state index < -0.39 is 15.1 Å². The summed E-state index contributed by atoms with van der Waals surface area (Å²) < 4.78 is 75.7. The van der Waals surface area contributed by atoms with Crippen LogP contribution in [-0.2, 0) is 5.41 Å². The number of halogens is 8. The largest absolute Gasteiger partial charge is 1.00 e. The van der Waals surface area contributed by atoms with E-state index in [1.807, 2.05) is 0 Å². The van der Waals surface area contributed by atoms with Gasteiger partial charge in [-0.15, -0.1) is 0 Å². The number of benzene rings is 10. The minimum absolute atomic E-state index is 0. The summed E-state index contributed by atoms with van der Waals surface area (Å²) in [5, 5.41) is 0. The van der Waals surface area contributed by atoms with Gasteiger partial charge in [-0.25, -0.2) is 0 Å². The molecule has 0 spiro atoms. The second-order valence-electron chi connectivity index (χ2n) is 20.3. The van der Waals surface area contributed by atoms with Crippen LogP contribution < -0.4 is 28.0 Å². The Morgan fingerprint density at radius 1 is 0.264 bits per heavy atom. The van der Waals surface area contributed by atoms with Crippen LogP contribution in [0.25, 0.3) is 78.7 Å². The van der Waals surface area contributed by atoms with Crippen molar-refractivity contribution < 1.29 is 53.9 Å². The number of rotatable bonds is 14. The molecule has 0 N–H and O–H groups in total. The van der Waals surface area contributed by atoms with Crippen molar-refractivity contribution in [2.45, 2.75) is 19.3 Å². The first-order valence-electron chi connectivity index (χ1n) is 27.5. The molecular formula is C73H56B2F8N2O2. The second kappa shape index (κ2) is 29.5. The predicted molar refractivity (Wildman–Crippen MR) is 332 cm³/mol. The van der Waals surface area contributed by atoms with Crippen molar-refractivity contribution in [3.05, 3.63) is 314 Å². The van der Waals surface area contributed by atoms with Gasteiger partial charge in [0.15, 0.2) is 0 Å². The number of ether oxygens (including phenoxy) is 2. The number of nitrogens with zero attached hydrogens (tertiary/aromatic N) is 2. The molecule has 14 heteroatoms. The number of hydrogen-bond donors (Lipinski definition) is 0. The Hall–Kier alpha value is -10.3. The summed E-state index contributed by atoms with van der Waals surface area (Å²) in [5.41, 5.74) is 17.8. The highest BCUT2D eigenvalue weighted by atomic mass is 19.4. The van der Waals surface area contributed by atoms with Gasteiger partial charge in [-0.1, -0.05) is 172 Å². The van der Waals surface area contributed by atoms with Crippen LogP contribution in [0.1, 0.15) is 25.0 Å². The Labute approximate surface area is 502 Å². The summed E-state index contributed by atoms with van der Waals surface area (Å²) in [7, 11) is -7.33. The summed E-state index contributed by atoms with van der Waals surface area (Å²) in [5.74, 6) is 3.08. The standard InChI is InChI=1S/C73H56N2O2.2BF3.2FH/c1-73(2,61-33-41-65(42-34-61)76-67-45-37-63(38-46-67)74-69(55-25-13-5-14-26-55)49-59(53-21-9-3-10-22-53)50-70(74)56-27-15-6-16-28-56)62-35-43-66(44-36-62)77-68-47-39-64(40-48-68)75-71(57-29-17-7-18-30-57)51-60(54-23-11-4-12-24-54)52-72(75)58-31-19-8-20-32-58;2*2-1(3)4;;/h3-52H,1-2H3;;;2*1H/q+2;;;;/p-2. The van der Waals surface area contributed by atoms with E-state index in [0.29, 0.717) is 0 Å². The third-order valence-electron chi connectivity index (χ3n) is 14.4. The molecule has 0 aliphatic rings. The lowest BCUT2D eigenvalue weighted by Crippen LogP contribution is -3.00. The maximum atomic E-state index is 9.67. The van der Waals surface area contributed by atoms with Crippen molar-refractivity contribution in [3.8, 4) is 102 Å². The Balaban J connectivity index is 0.000000927. The smallest absolute Gasteiger partial charge is 0.762 e. The topological polar surface area (TPSA) is 26.2 Å². The summed E-state index contributed by atoms with van der Waals surface area (Å²) in [6.07, 6.45) is 0. The van der Waals surface area contributed by atoms with Crippen molar-refractivity contribution in [3.63, 3.8) is 0 Å². The van der Waals surface area contributed by atoms with Crippen molar-refractivity contribution in [2.75, 3.05) is 0 Å². The average molecular weight is 1170 g/mol. The Kier molecular flexibility index (Phi) is 21.2. The minimum atomic E-state index is -3.67. The molecule has 2 aromatic heterocycles. The van der Waals surface area contributed by atoms with Gasteiger partial charge < -0.3 is 18.9 Å². The van der Waals surface area contributed by atoms with E-state index in [1.165, 1.54) is 22.3 Å². The molecule has 0 aliphatic heterocycles. The normalized spacial score (nSPS) is 10.6. The molecular weight excluding hydrogens is 1110 g/mol. The first-order chi connectivity index (χ1) is 41.4. The Bertz CT molecular complexity index is 3670. The van der Waals surface area contributed by atoms with Crippen molar-refractivity contribution in [2.24, 2.45) is 0 Å². The van der Waals surface area contributed by atoms with Gasteiger partial charge in [-0.05, 0) is 130 Å². The summed E-state index contributed by atoms with van der Waals surface area (Å²) in [6.45, 7) is 4.51. The van der Waals surface area contributed by atoms with Crippen LogP contribution >= 0.6 is 0 Å².